The summed E-state index contributed by atoms with van der Waals surface area (Å²) >= 11 is 0. The topological polar surface area (TPSA) is 68.8 Å². The molecule has 9 heteroatoms. The first-order chi connectivity index (χ1) is 37.3. The van der Waals surface area contributed by atoms with Gasteiger partial charge in [0.1, 0.15) is 23.5 Å². The molecule has 0 aliphatic rings. The third kappa shape index (κ3) is 10.4. The van der Waals surface area contributed by atoms with Crippen molar-refractivity contribution in [1.29, 1.82) is 0 Å². The molecule has 0 bridgehead atoms. The molecule has 0 atom stereocenters. The third-order valence-corrected chi connectivity index (χ3v) is 19.9. The molecule has 6 nitrogen and oxygen atoms in total. The predicted molar refractivity (Wildman–Crippen MR) is 341 cm³/mol. The van der Waals surface area contributed by atoms with Crippen molar-refractivity contribution >= 4 is 59.5 Å². The Morgan fingerprint density at radius 2 is 1.10 bits per heavy atom. The summed E-state index contributed by atoms with van der Waals surface area (Å²) in [4.78, 5) is 16.0. The molecule has 0 amide bonds. The van der Waals surface area contributed by atoms with Gasteiger partial charge in [-0.1, -0.05) is 238 Å². The smallest absolute Gasteiger partial charge is 0.148 e. The molecule has 0 spiro atoms. The quantitative estimate of drug-likeness (QED) is 0.115. The van der Waals surface area contributed by atoms with Gasteiger partial charge in [0.05, 0.1) is 43.9 Å². The standard InChI is InChI=1S/C71H74N5OSi2.Pt/c1-69(2,3)50-38-48(37-49(39-50)64-63-56-27-19-20-29-60(56)75(68(63)73-44-72-64)52-26-21-25-47(40-52)45-31-33-53(34-32-45)78(10,11)12)55-28-22-30-62-65(55)74-67(58-41-51(70(4,5)6)42-59(66(58)77)71(7,8)9)76(62)61-36-35-54(79(13,14)15)43-57(61)46-23-17-16-18-24-46;/h16-36,38-44,77H,1-15H3;/q-1;. The van der Waals surface area contributed by atoms with Crippen molar-refractivity contribution in [2.75, 3.05) is 0 Å². The van der Waals surface area contributed by atoms with Gasteiger partial charge in [-0.05, 0) is 74.9 Å². The van der Waals surface area contributed by atoms with Crippen molar-refractivity contribution in [1.82, 2.24) is 24.1 Å². The first kappa shape index (κ1) is 56.3. The van der Waals surface area contributed by atoms with Gasteiger partial charge in [-0.25, -0.2) is 9.97 Å². The largest absolute Gasteiger partial charge is 0.507 e. The first-order valence-corrected chi connectivity index (χ1v) is 34.9. The van der Waals surface area contributed by atoms with Gasteiger partial charge < -0.3 is 5.11 Å². The molecule has 0 radical (unpaired) electrons. The Morgan fingerprint density at radius 3 is 1.77 bits per heavy atom. The summed E-state index contributed by atoms with van der Waals surface area (Å²) in [6.45, 7) is 34.4. The summed E-state index contributed by atoms with van der Waals surface area (Å²) in [5.41, 5.74) is 16.9. The number of para-hydroxylation sites is 2. The van der Waals surface area contributed by atoms with E-state index in [4.69, 9.17) is 15.0 Å². The number of aromatic hydroxyl groups is 1. The van der Waals surface area contributed by atoms with Crippen LogP contribution in [-0.2, 0) is 37.3 Å². The van der Waals surface area contributed by atoms with Crippen molar-refractivity contribution in [3.63, 3.8) is 0 Å². The maximum Gasteiger partial charge on any atom is 0.148 e. The molecule has 0 saturated carbocycles. The monoisotopic (exact) mass is 1260 g/mol. The van der Waals surface area contributed by atoms with E-state index in [1.54, 1.807) is 6.33 Å². The molecule has 0 fully saturated rings. The van der Waals surface area contributed by atoms with E-state index in [1.165, 1.54) is 15.9 Å². The average Bonchev–Trinajstić information content (AvgIpc) is 4.14. The number of benzene rings is 8. The fourth-order valence-corrected chi connectivity index (χ4v) is 13.4. The summed E-state index contributed by atoms with van der Waals surface area (Å²) in [7, 11) is -3.21. The maximum atomic E-state index is 12.7. The van der Waals surface area contributed by atoms with Crippen LogP contribution in [0.2, 0.25) is 39.3 Å². The normalized spacial score (nSPS) is 12.6. The van der Waals surface area contributed by atoms with E-state index in [2.05, 4.69) is 281 Å². The molecule has 11 aromatic rings. The maximum absolute atomic E-state index is 12.7. The number of hydrogen-bond acceptors (Lipinski definition) is 4. The van der Waals surface area contributed by atoms with E-state index in [0.29, 0.717) is 11.4 Å². The Kier molecular flexibility index (Phi) is 14.5. The number of phenolic OH excluding ortho intramolecular Hbond substituents is 1. The Bertz CT molecular complexity index is 4160. The minimum atomic E-state index is -1.76. The number of aromatic nitrogens is 5. The summed E-state index contributed by atoms with van der Waals surface area (Å²) in [6, 6.07) is 63.7. The van der Waals surface area contributed by atoms with E-state index in [-0.39, 0.29) is 43.1 Å². The number of nitrogens with zero attached hydrogens (tertiary/aromatic N) is 5. The van der Waals surface area contributed by atoms with Crippen molar-refractivity contribution in [2.45, 2.75) is 118 Å². The Labute approximate surface area is 490 Å². The predicted octanol–water partition coefficient (Wildman–Crippen LogP) is 17.7. The molecule has 3 heterocycles. The molecular formula is C71H74N5OPtSi2-. The Morgan fingerprint density at radius 1 is 0.487 bits per heavy atom. The summed E-state index contributed by atoms with van der Waals surface area (Å²) in [5.74, 6) is 0.927. The van der Waals surface area contributed by atoms with E-state index >= 15 is 0 Å². The third-order valence-electron chi connectivity index (χ3n) is 15.8. The first-order valence-electron chi connectivity index (χ1n) is 27.9. The zero-order valence-corrected chi connectivity index (χ0v) is 53.4. The van der Waals surface area contributed by atoms with Crippen LogP contribution in [0.1, 0.15) is 79.0 Å². The SMILES string of the molecule is CC(C)(C)c1cc(-c2cccc3c2nc(-c2cc(C(C)(C)C)cc(C(C)(C)C)c2O)n3-c2ccc([Si](C)(C)C)cc2-c2ccccc2)[c-]c(-c2ncnc3c2c2ccccc2n3-c2cccc(-c3ccc([Si](C)(C)C)cc3)c2)c1.[Pt]. The van der Waals surface area contributed by atoms with Crippen molar-refractivity contribution in [3.8, 4) is 73.2 Å². The molecule has 3 aromatic heterocycles. The van der Waals surface area contributed by atoms with Gasteiger partial charge in [-0.3, -0.25) is 14.1 Å². The zero-order valence-electron chi connectivity index (χ0n) is 49.2. The van der Waals surface area contributed by atoms with E-state index in [0.717, 1.165) is 100 Å². The van der Waals surface area contributed by atoms with Gasteiger partial charge >= 0.3 is 0 Å². The van der Waals surface area contributed by atoms with Crippen LogP contribution in [-0.4, -0.2) is 45.3 Å². The van der Waals surface area contributed by atoms with Crippen LogP contribution in [0.3, 0.4) is 0 Å². The summed E-state index contributed by atoms with van der Waals surface area (Å²) in [6.07, 6.45) is 1.71. The number of imidazole rings is 1. The fraction of sp³-hybridized carbons (Fsp3) is 0.254. The van der Waals surface area contributed by atoms with Crippen molar-refractivity contribution in [3.05, 3.63) is 193 Å². The van der Waals surface area contributed by atoms with E-state index < -0.39 is 16.1 Å². The second-order valence-corrected chi connectivity index (χ2v) is 37.0. The second kappa shape index (κ2) is 20.5. The molecule has 0 unspecified atom stereocenters. The van der Waals surface area contributed by atoms with Gasteiger partial charge in [0.25, 0.3) is 0 Å². The molecule has 1 N–H and O–H groups in total. The van der Waals surface area contributed by atoms with Crippen LogP contribution < -0.4 is 10.4 Å². The molecule has 0 saturated heterocycles. The fourth-order valence-electron chi connectivity index (χ4n) is 11.1. The zero-order chi connectivity index (χ0) is 56.1. The molecule has 408 valence electrons. The summed E-state index contributed by atoms with van der Waals surface area (Å²) < 4.78 is 4.59. The Balaban J connectivity index is 0.00000720. The van der Waals surface area contributed by atoms with Crippen LogP contribution in [0.15, 0.2) is 170 Å². The van der Waals surface area contributed by atoms with E-state index in [9.17, 15) is 5.11 Å². The molecule has 80 heavy (non-hydrogen) atoms. The van der Waals surface area contributed by atoms with Gasteiger partial charge in [-0.15, -0.1) is 29.3 Å². The Hall–Kier alpha value is -6.97. The number of rotatable bonds is 9. The minimum Gasteiger partial charge on any atom is -0.507 e. The van der Waals surface area contributed by atoms with Gasteiger partial charge in [0, 0.05) is 54.3 Å². The van der Waals surface area contributed by atoms with Crippen LogP contribution in [0.5, 0.6) is 5.75 Å². The van der Waals surface area contributed by atoms with Crippen LogP contribution in [0.4, 0.5) is 0 Å². The second-order valence-electron chi connectivity index (χ2n) is 26.8. The summed E-state index contributed by atoms with van der Waals surface area (Å²) in [5, 5.41) is 17.6. The van der Waals surface area contributed by atoms with Gasteiger partial charge in [0.2, 0.25) is 0 Å². The van der Waals surface area contributed by atoms with Crippen LogP contribution in [0.25, 0.3) is 100 Å². The van der Waals surface area contributed by atoms with Crippen LogP contribution in [0, 0.1) is 6.07 Å². The number of hydrogen-bond donors (Lipinski definition) is 1. The molecule has 8 aromatic carbocycles. The molecular weight excluding hydrogens is 1190 g/mol. The molecule has 11 rings (SSSR count). The average molecular weight is 1260 g/mol. The van der Waals surface area contributed by atoms with Gasteiger partial charge in [-0.2, -0.15) is 0 Å². The van der Waals surface area contributed by atoms with Crippen molar-refractivity contribution < 1.29 is 26.2 Å². The van der Waals surface area contributed by atoms with Gasteiger partial charge in [0.15, 0.2) is 0 Å². The van der Waals surface area contributed by atoms with Crippen molar-refractivity contribution in [2.24, 2.45) is 0 Å². The number of fused-ring (bicyclic) bond motifs is 4. The minimum absolute atomic E-state index is 0. The molecule has 0 aliphatic carbocycles. The number of phenols is 1. The van der Waals surface area contributed by atoms with Crippen LogP contribution >= 0.6 is 0 Å². The molecule has 0 aliphatic heterocycles. The van der Waals surface area contributed by atoms with E-state index in [1.807, 2.05) is 0 Å².